The number of fused-ring (bicyclic) bond motifs is 2. The van der Waals surface area contributed by atoms with Crippen LogP contribution in [0, 0.1) is 0 Å². The summed E-state index contributed by atoms with van der Waals surface area (Å²) in [6.45, 7) is -3.08. The highest BCUT2D eigenvalue weighted by atomic mass is 32.3. The third-order valence-corrected chi connectivity index (χ3v) is 17.4. The molecule has 0 aliphatic carbocycles. The highest BCUT2D eigenvalue weighted by molar-refractivity contribution is 8.19. The first-order valence-corrected chi connectivity index (χ1v) is 34.2. The summed E-state index contributed by atoms with van der Waals surface area (Å²) in [6.07, 6.45) is 0. The second kappa shape index (κ2) is 30.3. The maximum absolute atomic E-state index is 12.8. The number of nitrogens with one attached hydrogen (secondary N) is 4. The van der Waals surface area contributed by atoms with Crippen LogP contribution in [0.3, 0.4) is 0 Å². The molecule has 2 aromatic heterocycles. The van der Waals surface area contributed by atoms with E-state index in [1.807, 2.05) is 0 Å². The Balaban J connectivity index is 1.11. The zero-order valence-electron chi connectivity index (χ0n) is 51.2. The summed E-state index contributed by atoms with van der Waals surface area (Å²) in [5.74, 6) is -10.9. The molecular weight excluding hydrogens is 1440 g/mol. The van der Waals surface area contributed by atoms with E-state index >= 15 is 0 Å². The molecule has 0 aliphatic heterocycles. The van der Waals surface area contributed by atoms with Crippen molar-refractivity contribution in [2.45, 2.75) is 19.6 Å². The molecule has 2 heterocycles. The van der Waals surface area contributed by atoms with Crippen LogP contribution < -0.4 is 31.1 Å². The Morgan fingerprint density at radius 1 is 0.392 bits per heavy atom. The van der Waals surface area contributed by atoms with Crippen LogP contribution >= 0.6 is 21.7 Å². The van der Waals surface area contributed by atoms with Gasteiger partial charge in [-0.2, -0.15) is 57.0 Å². The molecule has 42 nitrogen and oxygen atoms in total. The van der Waals surface area contributed by atoms with Gasteiger partial charge in [-0.05, 0) is 108 Å². The van der Waals surface area contributed by atoms with Crippen LogP contribution in [0.5, 0.6) is 11.5 Å². The number of aromatic carboxylic acids is 4. The SMILES string of the molecule is O=C(O)c1cc(N=Nc2c(S(O)(O)O)cc3cc(S(=O)(=O)O)cc(Nc4nc(Nc5ccc(Nc6nc(Nc7cc(S(=O)(=O)O)cc8cc(S(O)(O)O)c(N=Nc9cc(C(=O)O)cc(C(=O)O)c9)c(O)c78)nc(N(CCO)CCO)n6)cc5)nc(N(CCO)CCO)n4)c3c2O)cc(C(=O)O)c1. The number of carbonyl (C=O) groups is 4. The van der Waals surface area contributed by atoms with Crippen LogP contribution in [-0.4, -0.2) is 211 Å². The maximum Gasteiger partial charge on any atom is 0.335 e. The lowest BCUT2D eigenvalue weighted by molar-refractivity contribution is 0.0676. The lowest BCUT2D eigenvalue weighted by Gasteiger charge is -2.23. The number of phenols is 2. The summed E-state index contributed by atoms with van der Waals surface area (Å²) in [5.41, 5.74) is -5.91. The molecule has 7 aromatic carbocycles. The van der Waals surface area contributed by atoms with Crippen molar-refractivity contribution in [2.75, 3.05) is 83.7 Å². The fourth-order valence-corrected chi connectivity index (χ4v) is 12.0. The van der Waals surface area contributed by atoms with Crippen LogP contribution in [0.1, 0.15) is 41.4 Å². The van der Waals surface area contributed by atoms with Gasteiger partial charge in [-0.1, -0.05) is 0 Å². The topological polar surface area (TPSA) is 682 Å². The monoisotopic (exact) mass is 1490 g/mol. The van der Waals surface area contributed by atoms with Crippen LogP contribution in [0.2, 0.25) is 0 Å². The van der Waals surface area contributed by atoms with Crippen molar-refractivity contribution < 1.29 is 124 Å². The van der Waals surface area contributed by atoms with Gasteiger partial charge in [0.15, 0.2) is 11.5 Å². The van der Waals surface area contributed by atoms with Crippen LogP contribution in [0.4, 0.5) is 81.2 Å². The lowest BCUT2D eigenvalue weighted by Crippen LogP contribution is -2.31. The number of anilines is 10. The normalized spacial score (nSPS) is 12.4. The van der Waals surface area contributed by atoms with Crippen LogP contribution in [0.25, 0.3) is 21.5 Å². The van der Waals surface area contributed by atoms with E-state index in [0.717, 1.165) is 72.8 Å². The fourth-order valence-electron chi connectivity index (χ4n) is 9.55. The predicted octanol–water partition coefficient (Wildman–Crippen LogP) is 7.61. The standard InChI is InChI=1S/C56H54N16O26S4/c73-9-5-71(6-10-74)55-63-51(61-53(65-55)59-37-23-35(99(87,88)89)19-25-21-39(101(93,94)95)43(45(77)41(25)37)69-67-33-15-27(47(79)80)13-28(16-33)48(81)82)57-31-1-2-32(4-3-31)58-52-62-54(66-56(64-52)72(7-11-75)8-12-76)60-38-24-36(100(90,91)92)20-26-22-40(102(96,97)98)44(46(78)42(26)38)70-68-34-17-29(49(83)84)14-30(18-34)50(85)86/h1-4,13-24,73-78,93-98H,5-12H2,(H,79,80)(H,81,82)(H,83,84)(H,85,86)(H,87,88,89)(H,90,91,92)(H2,57,59,61,63,65)(H2,58,60,62,64,66). The quantitative estimate of drug-likeness (QED) is 0.0152. The molecule has 46 heteroatoms. The number of hydrogen-bond acceptors (Lipinski definition) is 36. The van der Waals surface area contributed by atoms with Crippen molar-refractivity contribution in [2.24, 2.45) is 20.5 Å². The Hall–Kier alpha value is -11.3. The molecular formula is C56H54N16O26S4. The number of hydrogen-bond donors (Lipinski definition) is 22. The van der Waals surface area contributed by atoms with Gasteiger partial charge in [0.05, 0.1) is 91.0 Å². The van der Waals surface area contributed by atoms with Gasteiger partial charge in [0.2, 0.25) is 35.7 Å². The number of aromatic hydroxyl groups is 2. The molecule has 0 aliphatic rings. The van der Waals surface area contributed by atoms with Crippen molar-refractivity contribution in [3.63, 3.8) is 0 Å². The minimum atomic E-state index is -5.21. The minimum Gasteiger partial charge on any atom is -0.505 e. The molecule has 0 spiro atoms. The highest BCUT2D eigenvalue weighted by Gasteiger charge is 2.31. The zero-order chi connectivity index (χ0) is 74.5. The fraction of sp³-hybridized carbons (Fsp3) is 0.143. The van der Waals surface area contributed by atoms with E-state index in [-0.39, 0.29) is 61.3 Å². The van der Waals surface area contributed by atoms with Crippen molar-refractivity contribution in [3.8, 4) is 11.5 Å². The predicted molar refractivity (Wildman–Crippen MR) is 359 cm³/mol. The first kappa shape index (κ1) is 74.9. The van der Waals surface area contributed by atoms with Gasteiger partial charge in [0, 0.05) is 48.3 Å². The lowest BCUT2D eigenvalue weighted by atomic mass is 10.1. The summed E-state index contributed by atoms with van der Waals surface area (Å²) in [6, 6.07) is 15.1. The molecule has 0 atom stereocenters. The molecule has 9 rings (SSSR count). The summed E-state index contributed by atoms with van der Waals surface area (Å²) >= 11 is 0. The van der Waals surface area contributed by atoms with Crippen molar-refractivity contribution >= 4 is 169 Å². The molecule has 22 N–H and O–H groups in total. The molecule has 0 saturated heterocycles. The Labute approximate surface area is 573 Å². The van der Waals surface area contributed by atoms with E-state index in [1.165, 1.54) is 34.1 Å². The van der Waals surface area contributed by atoms with Gasteiger partial charge >= 0.3 is 23.9 Å². The molecule has 0 saturated carbocycles. The third-order valence-electron chi connectivity index (χ3n) is 14.0. The summed E-state index contributed by atoms with van der Waals surface area (Å²) < 4.78 is 135. The Bertz CT molecular complexity index is 4740. The molecule has 102 heavy (non-hydrogen) atoms. The van der Waals surface area contributed by atoms with Gasteiger partial charge in [0.25, 0.3) is 20.2 Å². The third kappa shape index (κ3) is 17.6. The number of benzene rings is 7. The van der Waals surface area contributed by atoms with Gasteiger partial charge < -0.3 is 109 Å². The number of azo groups is 2. The zero-order valence-corrected chi connectivity index (χ0v) is 54.5. The molecule has 0 amide bonds. The number of rotatable bonds is 30. The average molecular weight is 1500 g/mol. The van der Waals surface area contributed by atoms with Crippen molar-refractivity contribution in [1.29, 1.82) is 0 Å². The molecule has 0 bridgehead atoms. The number of carboxylic acid groups (broad SMARTS) is 4. The molecule has 538 valence electrons. The minimum absolute atomic E-state index is 0.162. The summed E-state index contributed by atoms with van der Waals surface area (Å²) in [5, 5.41) is 127. The van der Waals surface area contributed by atoms with E-state index in [4.69, 9.17) is 0 Å². The van der Waals surface area contributed by atoms with Crippen LogP contribution in [0.15, 0.2) is 137 Å². The number of aliphatic hydroxyl groups excluding tert-OH is 4. The first-order chi connectivity index (χ1) is 48.0. The van der Waals surface area contributed by atoms with E-state index < -0.39 is 213 Å². The molecule has 0 radical (unpaired) electrons. The number of phenolic OH excluding ortho intramolecular Hbond substituents is 2. The van der Waals surface area contributed by atoms with Crippen molar-refractivity contribution in [1.82, 2.24) is 29.9 Å². The number of aromatic nitrogens is 6. The molecule has 0 unspecified atom stereocenters. The smallest absolute Gasteiger partial charge is 0.335 e. The first-order valence-electron chi connectivity index (χ1n) is 28.3. The van der Waals surface area contributed by atoms with Gasteiger partial charge in [0.1, 0.15) is 33.1 Å². The van der Waals surface area contributed by atoms with Gasteiger partial charge in [-0.3, -0.25) is 9.11 Å². The van der Waals surface area contributed by atoms with E-state index in [2.05, 4.69) is 71.6 Å². The second-order valence-electron chi connectivity index (χ2n) is 20.9. The summed E-state index contributed by atoms with van der Waals surface area (Å²) in [7, 11) is -20.4. The number of aliphatic hydroxyl groups is 4. The Kier molecular flexibility index (Phi) is 22.2. The number of carboxylic acids is 4. The molecule has 0 fully saturated rings. The van der Waals surface area contributed by atoms with Gasteiger partial charge in [-0.25, -0.2) is 19.2 Å². The van der Waals surface area contributed by atoms with E-state index in [9.17, 15) is 124 Å². The van der Waals surface area contributed by atoms with E-state index in [0.29, 0.717) is 0 Å². The largest absolute Gasteiger partial charge is 0.505 e. The van der Waals surface area contributed by atoms with Crippen molar-refractivity contribution in [3.05, 3.63) is 119 Å². The Morgan fingerprint density at radius 2 is 0.686 bits per heavy atom. The van der Waals surface area contributed by atoms with E-state index in [1.54, 1.807) is 0 Å². The summed E-state index contributed by atoms with van der Waals surface area (Å²) in [4.78, 5) is 72.3. The number of nitrogens with zero attached hydrogens (tertiary/aromatic N) is 12. The Morgan fingerprint density at radius 3 is 0.951 bits per heavy atom. The second-order valence-corrected chi connectivity index (χ2v) is 26.7. The van der Waals surface area contributed by atoms with Gasteiger partial charge in [-0.15, -0.1) is 10.2 Å². The highest BCUT2D eigenvalue weighted by Crippen LogP contribution is 2.57. The van der Waals surface area contributed by atoms with Crippen LogP contribution in [-0.2, 0) is 20.2 Å². The maximum atomic E-state index is 12.8. The molecule has 9 aromatic rings. The average Bonchev–Trinajstić information content (AvgIpc) is 0.752.